The van der Waals surface area contributed by atoms with Crippen LogP contribution in [0.5, 0.6) is 0 Å². The second-order valence-electron chi connectivity index (χ2n) is 5.53. The number of rotatable bonds is 4. The van der Waals surface area contributed by atoms with Crippen LogP contribution < -0.4 is 16.4 Å². The van der Waals surface area contributed by atoms with Gasteiger partial charge in [0.25, 0.3) is 0 Å². The third kappa shape index (κ3) is 1.92. The molecule has 96 valence electrons. The van der Waals surface area contributed by atoms with Gasteiger partial charge in [0, 0.05) is 12.2 Å². The van der Waals surface area contributed by atoms with Crippen molar-refractivity contribution >= 4 is 23.0 Å². The van der Waals surface area contributed by atoms with Crippen LogP contribution in [0.15, 0.2) is 12.1 Å². The van der Waals surface area contributed by atoms with Gasteiger partial charge in [0.2, 0.25) is 5.91 Å². The maximum absolute atomic E-state index is 11.3. The lowest BCUT2D eigenvalue weighted by molar-refractivity contribution is -0.115. The molecule has 1 aliphatic carbocycles. The lowest BCUT2D eigenvalue weighted by atomic mass is 10.0. The van der Waals surface area contributed by atoms with Gasteiger partial charge >= 0.3 is 0 Å². The Bertz CT molecular complexity index is 506. The van der Waals surface area contributed by atoms with E-state index in [0.29, 0.717) is 11.8 Å². The second-order valence-corrected chi connectivity index (χ2v) is 5.53. The van der Waals surface area contributed by atoms with Crippen molar-refractivity contribution in [2.75, 3.05) is 22.9 Å². The van der Waals surface area contributed by atoms with Gasteiger partial charge in [-0.1, -0.05) is 6.92 Å². The number of hydrogen-bond donors (Lipinski definition) is 3. The van der Waals surface area contributed by atoms with E-state index in [2.05, 4.69) is 17.6 Å². The Balaban J connectivity index is 1.77. The predicted molar refractivity (Wildman–Crippen MR) is 73.6 cm³/mol. The normalized spacial score (nSPS) is 19.3. The number of amides is 1. The molecule has 4 heteroatoms. The third-order valence-corrected chi connectivity index (χ3v) is 4.26. The van der Waals surface area contributed by atoms with E-state index in [-0.39, 0.29) is 5.91 Å². The molecule has 1 heterocycles. The summed E-state index contributed by atoms with van der Waals surface area (Å²) in [5.74, 6) is 0.0498. The topological polar surface area (TPSA) is 67.1 Å². The minimum Gasteiger partial charge on any atom is -0.397 e. The number of nitrogen functional groups attached to an aromatic ring is 1. The molecule has 0 spiro atoms. The lowest BCUT2D eigenvalue weighted by Crippen LogP contribution is -2.15. The highest BCUT2D eigenvalue weighted by Gasteiger charge is 2.40. The average molecular weight is 245 g/mol. The summed E-state index contributed by atoms with van der Waals surface area (Å²) in [6.07, 6.45) is 4.26. The van der Waals surface area contributed by atoms with Gasteiger partial charge in [-0.15, -0.1) is 0 Å². The molecule has 0 unspecified atom stereocenters. The number of benzene rings is 1. The summed E-state index contributed by atoms with van der Waals surface area (Å²) in [4.78, 5) is 11.3. The first-order valence-corrected chi connectivity index (χ1v) is 6.58. The van der Waals surface area contributed by atoms with Crippen molar-refractivity contribution in [3.8, 4) is 0 Å². The summed E-state index contributed by atoms with van der Waals surface area (Å²) >= 11 is 0. The van der Waals surface area contributed by atoms with Crippen LogP contribution in [0, 0.1) is 5.41 Å². The Morgan fingerprint density at radius 3 is 2.89 bits per heavy atom. The molecule has 0 radical (unpaired) electrons. The highest BCUT2D eigenvalue weighted by molar-refractivity contribution is 6.00. The van der Waals surface area contributed by atoms with Gasteiger partial charge in [0.1, 0.15) is 0 Å². The molecular weight excluding hydrogens is 226 g/mol. The van der Waals surface area contributed by atoms with Crippen LogP contribution in [-0.4, -0.2) is 12.5 Å². The maximum Gasteiger partial charge on any atom is 0.228 e. The van der Waals surface area contributed by atoms with E-state index in [1.807, 2.05) is 12.1 Å². The van der Waals surface area contributed by atoms with Crippen molar-refractivity contribution in [3.05, 3.63) is 17.7 Å². The van der Waals surface area contributed by atoms with Gasteiger partial charge in [-0.05, 0) is 42.4 Å². The number of nitrogens with two attached hydrogens (primary N) is 1. The van der Waals surface area contributed by atoms with E-state index in [4.69, 9.17) is 5.73 Å². The van der Waals surface area contributed by atoms with E-state index < -0.39 is 0 Å². The van der Waals surface area contributed by atoms with Crippen LogP contribution >= 0.6 is 0 Å². The van der Waals surface area contributed by atoms with Gasteiger partial charge in [0.05, 0.1) is 17.8 Å². The zero-order valence-electron chi connectivity index (χ0n) is 10.7. The number of nitrogens with one attached hydrogen (secondary N) is 2. The van der Waals surface area contributed by atoms with Crippen molar-refractivity contribution in [1.82, 2.24) is 0 Å². The quantitative estimate of drug-likeness (QED) is 0.713. The molecule has 1 fully saturated rings. The van der Waals surface area contributed by atoms with Gasteiger partial charge in [-0.3, -0.25) is 4.79 Å². The highest BCUT2D eigenvalue weighted by Crippen LogP contribution is 2.48. The predicted octanol–water partition coefficient (Wildman–Crippen LogP) is 2.37. The summed E-state index contributed by atoms with van der Waals surface area (Å²) in [5.41, 5.74) is 10.1. The zero-order chi connectivity index (χ0) is 12.8. The molecular formula is C14H19N3O. The van der Waals surface area contributed by atoms with Crippen LogP contribution in [-0.2, 0) is 11.2 Å². The summed E-state index contributed by atoms with van der Waals surface area (Å²) in [5, 5.41) is 6.29. The molecule has 3 rings (SSSR count). The molecule has 4 nitrogen and oxygen atoms in total. The summed E-state index contributed by atoms with van der Waals surface area (Å²) in [6.45, 7) is 3.21. The van der Waals surface area contributed by atoms with Crippen molar-refractivity contribution < 1.29 is 4.79 Å². The fourth-order valence-corrected chi connectivity index (χ4v) is 2.56. The Hall–Kier alpha value is -1.71. The molecule has 1 aliphatic heterocycles. The molecule has 1 amide bonds. The lowest BCUT2D eigenvalue weighted by Gasteiger charge is -2.16. The smallest absolute Gasteiger partial charge is 0.228 e. The Morgan fingerprint density at radius 2 is 2.22 bits per heavy atom. The van der Waals surface area contributed by atoms with Crippen LogP contribution in [0.4, 0.5) is 17.1 Å². The van der Waals surface area contributed by atoms with Crippen LogP contribution in [0.2, 0.25) is 0 Å². The third-order valence-electron chi connectivity index (χ3n) is 4.26. The molecule has 0 saturated heterocycles. The Morgan fingerprint density at radius 1 is 1.44 bits per heavy atom. The van der Waals surface area contributed by atoms with Crippen LogP contribution in [0.25, 0.3) is 0 Å². The Labute approximate surface area is 107 Å². The minimum absolute atomic E-state index is 0.0498. The minimum atomic E-state index is 0.0498. The fourth-order valence-electron chi connectivity index (χ4n) is 2.56. The molecule has 18 heavy (non-hydrogen) atoms. The number of carbonyl (C=O) groups is 1. The van der Waals surface area contributed by atoms with E-state index in [1.54, 1.807) is 0 Å². The summed E-state index contributed by atoms with van der Waals surface area (Å²) in [6, 6.07) is 3.86. The summed E-state index contributed by atoms with van der Waals surface area (Å²) in [7, 11) is 0. The average Bonchev–Trinajstić information content (AvgIpc) is 3.03. The number of carbonyl (C=O) groups excluding carboxylic acids is 1. The molecule has 0 bridgehead atoms. The second kappa shape index (κ2) is 3.90. The molecule has 2 aliphatic rings. The standard InChI is InChI=1S/C14H19N3O/c1-2-14(3-4-14)8-16-12-7-11-9(5-10(12)15)6-13(18)17-11/h5,7,16H,2-4,6,8,15H2,1H3,(H,17,18). The zero-order valence-corrected chi connectivity index (χ0v) is 10.7. The maximum atomic E-state index is 11.3. The van der Waals surface area contributed by atoms with Crippen LogP contribution in [0.3, 0.4) is 0 Å². The number of hydrogen-bond acceptors (Lipinski definition) is 3. The summed E-state index contributed by atoms with van der Waals surface area (Å²) < 4.78 is 0. The molecule has 4 N–H and O–H groups in total. The van der Waals surface area contributed by atoms with Crippen LogP contribution in [0.1, 0.15) is 31.7 Å². The molecule has 1 saturated carbocycles. The first-order valence-electron chi connectivity index (χ1n) is 6.58. The molecule has 1 aromatic rings. The number of fused-ring (bicyclic) bond motifs is 1. The highest BCUT2D eigenvalue weighted by atomic mass is 16.1. The van der Waals surface area contributed by atoms with E-state index in [0.717, 1.165) is 29.2 Å². The first kappa shape index (κ1) is 11.4. The van der Waals surface area contributed by atoms with Gasteiger partial charge < -0.3 is 16.4 Å². The van der Waals surface area contributed by atoms with Crippen molar-refractivity contribution in [1.29, 1.82) is 0 Å². The van der Waals surface area contributed by atoms with Crippen molar-refractivity contribution in [2.24, 2.45) is 5.41 Å². The molecule has 1 aromatic carbocycles. The SMILES string of the molecule is CCC1(CNc2cc3c(cc2N)CC(=O)N3)CC1. The van der Waals surface area contributed by atoms with E-state index >= 15 is 0 Å². The van der Waals surface area contributed by atoms with Gasteiger partial charge in [0.15, 0.2) is 0 Å². The first-order chi connectivity index (χ1) is 8.62. The van der Waals surface area contributed by atoms with E-state index in [1.165, 1.54) is 19.3 Å². The van der Waals surface area contributed by atoms with Gasteiger partial charge in [-0.25, -0.2) is 0 Å². The largest absolute Gasteiger partial charge is 0.397 e. The van der Waals surface area contributed by atoms with Crippen molar-refractivity contribution in [2.45, 2.75) is 32.6 Å². The Kier molecular flexibility index (Phi) is 2.47. The van der Waals surface area contributed by atoms with Gasteiger partial charge in [-0.2, -0.15) is 0 Å². The monoisotopic (exact) mass is 245 g/mol. The van der Waals surface area contributed by atoms with Crippen molar-refractivity contribution in [3.63, 3.8) is 0 Å². The molecule has 0 aromatic heterocycles. The molecule has 0 atom stereocenters. The number of anilines is 3. The van der Waals surface area contributed by atoms with E-state index in [9.17, 15) is 4.79 Å². The fraction of sp³-hybridized carbons (Fsp3) is 0.500.